The van der Waals surface area contributed by atoms with E-state index < -0.39 is 0 Å². The second-order valence-corrected chi connectivity index (χ2v) is 8.61. The van der Waals surface area contributed by atoms with E-state index in [-0.39, 0.29) is 5.56 Å². The lowest BCUT2D eigenvalue weighted by Gasteiger charge is -2.02. The quantitative estimate of drug-likeness (QED) is 0.470. The Morgan fingerprint density at radius 1 is 1.16 bits per heavy atom. The van der Waals surface area contributed by atoms with E-state index in [1.54, 1.807) is 29.2 Å². The zero-order chi connectivity index (χ0) is 17.2. The summed E-state index contributed by atoms with van der Waals surface area (Å²) in [4.78, 5) is 18.6. The van der Waals surface area contributed by atoms with Gasteiger partial charge in [-0.2, -0.15) is 21.4 Å². The average Bonchev–Trinajstić information content (AvgIpc) is 3.26. The van der Waals surface area contributed by atoms with Crippen molar-refractivity contribution in [1.29, 1.82) is 0 Å². The molecule has 0 aliphatic carbocycles. The van der Waals surface area contributed by atoms with Crippen molar-refractivity contribution in [3.8, 4) is 9.88 Å². The Kier molecular flexibility index (Phi) is 4.89. The van der Waals surface area contributed by atoms with Crippen molar-refractivity contribution in [2.24, 2.45) is 0 Å². The van der Waals surface area contributed by atoms with E-state index in [9.17, 15) is 4.79 Å². The number of benzene rings is 1. The van der Waals surface area contributed by atoms with Crippen molar-refractivity contribution in [2.45, 2.75) is 11.5 Å². The third kappa shape index (κ3) is 3.79. The van der Waals surface area contributed by atoms with E-state index >= 15 is 0 Å². The summed E-state index contributed by atoms with van der Waals surface area (Å²) < 4.78 is 1.38. The monoisotopic (exact) mass is 405 g/mol. The summed E-state index contributed by atoms with van der Waals surface area (Å²) in [5.41, 5.74) is 1.85. The van der Waals surface area contributed by atoms with Gasteiger partial charge in [0.1, 0.15) is 0 Å². The maximum absolute atomic E-state index is 12.3. The van der Waals surface area contributed by atoms with Crippen LogP contribution in [-0.2, 0) is 11.5 Å². The second kappa shape index (κ2) is 7.29. The summed E-state index contributed by atoms with van der Waals surface area (Å²) in [6, 6.07) is 13.3. The first-order valence-electron chi connectivity index (χ1n) is 7.45. The fourth-order valence-electron chi connectivity index (χ4n) is 2.28. The number of hydrogen-bond acceptors (Lipinski definition) is 6. The van der Waals surface area contributed by atoms with Crippen LogP contribution >= 0.6 is 46.0 Å². The highest BCUT2D eigenvalue weighted by molar-refractivity contribution is 7.97. The SMILES string of the molecule is O=c1cc(CSCc2ccc(Cl)cc2)nc2sc(-c3cccs3)nn12. The maximum atomic E-state index is 12.3. The molecule has 4 aromatic rings. The number of nitrogens with zero attached hydrogens (tertiary/aromatic N) is 3. The van der Waals surface area contributed by atoms with Crippen LogP contribution < -0.4 is 5.56 Å². The molecule has 3 heterocycles. The third-order valence-electron chi connectivity index (χ3n) is 3.46. The summed E-state index contributed by atoms with van der Waals surface area (Å²) in [5.74, 6) is 1.53. The molecule has 0 bridgehead atoms. The lowest BCUT2D eigenvalue weighted by molar-refractivity contribution is 0.893. The van der Waals surface area contributed by atoms with Crippen molar-refractivity contribution in [1.82, 2.24) is 14.6 Å². The van der Waals surface area contributed by atoms with Gasteiger partial charge in [0.05, 0.1) is 10.6 Å². The van der Waals surface area contributed by atoms with E-state index in [4.69, 9.17) is 11.6 Å². The summed E-state index contributed by atoms with van der Waals surface area (Å²) in [6.45, 7) is 0. The summed E-state index contributed by atoms with van der Waals surface area (Å²) in [5, 5.41) is 7.94. The Labute approximate surface area is 161 Å². The smallest absolute Gasteiger partial charge is 0.267 e. The minimum absolute atomic E-state index is 0.133. The number of fused-ring (bicyclic) bond motifs is 1. The Morgan fingerprint density at radius 3 is 2.76 bits per heavy atom. The molecule has 1 aromatic carbocycles. The van der Waals surface area contributed by atoms with Gasteiger partial charge in [-0.25, -0.2) is 4.98 Å². The van der Waals surface area contributed by atoms with Gasteiger partial charge in [-0.1, -0.05) is 41.1 Å². The summed E-state index contributed by atoms with van der Waals surface area (Å²) in [6.07, 6.45) is 0. The van der Waals surface area contributed by atoms with Crippen LogP contribution in [-0.4, -0.2) is 14.6 Å². The molecule has 8 heteroatoms. The molecule has 126 valence electrons. The first-order valence-corrected chi connectivity index (χ1v) is 10.7. The average molecular weight is 406 g/mol. The lowest BCUT2D eigenvalue weighted by atomic mass is 10.2. The molecule has 4 nitrogen and oxygen atoms in total. The minimum Gasteiger partial charge on any atom is -0.267 e. The fraction of sp³-hybridized carbons (Fsp3) is 0.118. The molecule has 0 saturated heterocycles. The summed E-state index contributed by atoms with van der Waals surface area (Å²) >= 11 is 10.7. The van der Waals surface area contributed by atoms with Crippen molar-refractivity contribution < 1.29 is 0 Å². The van der Waals surface area contributed by atoms with E-state index in [2.05, 4.69) is 10.1 Å². The van der Waals surface area contributed by atoms with E-state index in [0.717, 1.165) is 26.4 Å². The molecule has 25 heavy (non-hydrogen) atoms. The van der Waals surface area contributed by atoms with Crippen LogP contribution in [0.5, 0.6) is 0 Å². The highest BCUT2D eigenvalue weighted by Gasteiger charge is 2.11. The Balaban J connectivity index is 1.52. The molecule has 0 fully saturated rings. The van der Waals surface area contributed by atoms with Gasteiger partial charge in [-0.05, 0) is 29.1 Å². The van der Waals surface area contributed by atoms with Crippen LogP contribution in [0.4, 0.5) is 0 Å². The van der Waals surface area contributed by atoms with Crippen molar-refractivity contribution in [3.63, 3.8) is 0 Å². The second-order valence-electron chi connectivity index (χ2n) is 5.28. The lowest BCUT2D eigenvalue weighted by Crippen LogP contribution is -2.15. The van der Waals surface area contributed by atoms with Crippen LogP contribution in [0.15, 0.2) is 52.6 Å². The number of thiophene rings is 1. The number of halogens is 1. The normalized spacial score (nSPS) is 11.2. The van der Waals surface area contributed by atoms with E-state index in [1.807, 2.05) is 41.8 Å². The molecule has 0 atom stereocenters. The molecule has 3 aromatic heterocycles. The van der Waals surface area contributed by atoms with Gasteiger partial charge in [0.15, 0.2) is 5.01 Å². The van der Waals surface area contributed by atoms with Crippen LogP contribution in [0.3, 0.4) is 0 Å². The Morgan fingerprint density at radius 2 is 2.00 bits per heavy atom. The molecule has 0 saturated carbocycles. The van der Waals surface area contributed by atoms with Crippen molar-refractivity contribution >= 4 is 51.0 Å². The first-order chi connectivity index (χ1) is 12.2. The zero-order valence-corrected chi connectivity index (χ0v) is 16.1. The number of hydrogen-bond donors (Lipinski definition) is 0. The van der Waals surface area contributed by atoms with E-state index in [0.29, 0.717) is 10.7 Å². The molecule has 0 spiro atoms. The molecule has 4 rings (SSSR count). The van der Waals surface area contributed by atoms with Crippen LogP contribution in [0.1, 0.15) is 11.3 Å². The van der Waals surface area contributed by atoms with Gasteiger partial charge in [0.25, 0.3) is 5.56 Å². The number of aromatic nitrogens is 3. The molecular formula is C17H12ClN3OS3. The van der Waals surface area contributed by atoms with Crippen LogP contribution in [0.25, 0.3) is 14.8 Å². The molecule has 0 N–H and O–H groups in total. The van der Waals surface area contributed by atoms with Crippen molar-refractivity contribution in [3.05, 3.63) is 74.5 Å². The van der Waals surface area contributed by atoms with Gasteiger partial charge in [0.2, 0.25) is 4.96 Å². The highest BCUT2D eigenvalue weighted by atomic mass is 35.5. The molecule has 0 aliphatic rings. The van der Waals surface area contributed by atoms with E-state index in [1.165, 1.54) is 21.4 Å². The third-order valence-corrected chi connectivity index (χ3v) is 6.70. The first kappa shape index (κ1) is 16.8. The maximum Gasteiger partial charge on any atom is 0.275 e. The van der Waals surface area contributed by atoms with Crippen LogP contribution in [0.2, 0.25) is 5.02 Å². The van der Waals surface area contributed by atoms with Crippen molar-refractivity contribution in [2.75, 3.05) is 0 Å². The van der Waals surface area contributed by atoms with Crippen LogP contribution in [0, 0.1) is 0 Å². The van der Waals surface area contributed by atoms with Gasteiger partial charge < -0.3 is 0 Å². The summed E-state index contributed by atoms with van der Waals surface area (Å²) in [7, 11) is 0. The Hall–Kier alpha value is -1.67. The van der Waals surface area contributed by atoms with Gasteiger partial charge in [-0.3, -0.25) is 4.79 Å². The predicted octanol–water partition coefficient (Wildman–Crippen LogP) is 4.97. The Bertz CT molecular complexity index is 1060. The number of thioether (sulfide) groups is 1. The van der Waals surface area contributed by atoms with Gasteiger partial charge in [-0.15, -0.1) is 11.3 Å². The van der Waals surface area contributed by atoms with Gasteiger partial charge in [0, 0.05) is 22.6 Å². The standard InChI is InChI=1S/C17H12ClN3OS3/c18-12-5-3-11(4-6-12)9-23-10-13-8-15(22)21-17(19-13)25-16(20-21)14-2-1-7-24-14/h1-8H,9-10H2. The molecular weight excluding hydrogens is 394 g/mol. The van der Waals surface area contributed by atoms with Gasteiger partial charge >= 0.3 is 0 Å². The fourth-order valence-corrected chi connectivity index (χ4v) is 5.01. The predicted molar refractivity (Wildman–Crippen MR) is 107 cm³/mol. The molecule has 0 aliphatic heterocycles. The molecule has 0 amide bonds. The molecule has 0 radical (unpaired) electrons. The topological polar surface area (TPSA) is 47.3 Å². The largest absolute Gasteiger partial charge is 0.275 e. The minimum atomic E-state index is -0.133. The zero-order valence-electron chi connectivity index (χ0n) is 12.9. The highest BCUT2D eigenvalue weighted by Crippen LogP contribution is 2.28. The number of rotatable bonds is 5. The molecule has 0 unspecified atom stereocenters.